The number of anilines is 1. The van der Waals surface area contributed by atoms with Gasteiger partial charge >= 0.3 is 18.0 Å². The number of methoxy groups -OCH3 is 1. The number of esters is 1. The molecule has 1 amide bonds. The lowest BCUT2D eigenvalue weighted by Crippen LogP contribution is -2.27. The predicted octanol–water partition coefficient (Wildman–Crippen LogP) is 1.99. The summed E-state index contributed by atoms with van der Waals surface area (Å²) in [5, 5.41) is 13.9. The van der Waals surface area contributed by atoms with Crippen LogP contribution in [0.2, 0.25) is 0 Å². The van der Waals surface area contributed by atoms with Gasteiger partial charge in [-0.3, -0.25) is 10.1 Å². The number of carboxylic acid groups (broad SMARTS) is 1. The highest BCUT2D eigenvalue weighted by Gasteiger charge is 2.17. The molecule has 8 heteroatoms. The van der Waals surface area contributed by atoms with E-state index in [0.717, 1.165) is 0 Å². The average Bonchev–Trinajstić information content (AvgIpc) is 2.43. The van der Waals surface area contributed by atoms with Crippen LogP contribution >= 0.6 is 0 Å². The third-order valence-corrected chi connectivity index (χ3v) is 2.66. The van der Waals surface area contributed by atoms with Gasteiger partial charge in [0, 0.05) is 12.2 Å². The maximum absolute atomic E-state index is 11.9. The second kappa shape index (κ2) is 8.30. The van der Waals surface area contributed by atoms with Crippen LogP contribution < -0.4 is 10.6 Å². The van der Waals surface area contributed by atoms with Crippen LogP contribution in [-0.4, -0.2) is 42.4 Å². The van der Waals surface area contributed by atoms with Crippen LogP contribution in [0.4, 0.5) is 10.5 Å². The molecule has 0 atom stereocenters. The molecule has 24 heavy (non-hydrogen) atoms. The molecule has 0 aliphatic rings. The Morgan fingerprint density at radius 2 is 1.83 bits per heavy atom. The Labute approximate surface area is 140 Å². The second-order valence-electron chi connectivity index (χ2n) is 6.03. The summed E-state index contributed by atoms with van der Waals surface area (Å²) in [6, 6.07) is 4.63. The normalized spacial score (nSPS) is 10.8. The van der Waals surface area contributed by atoms with Gasteiger partial charge in [-0.15, -0.1) is 0 Å². The van der Waals surface area contributed by atoms with Crippen LogP contribution in [0.5, 0.6) is 0 Å². The molecule has 0 saturated heterocycles. The summed E-state index contributed by atoms with van der Waals surface area (Å²) in [4.78, 5) is 34.1. The molecule has 1 aromatic rings. The number of benzene rings is 1. The molecule has 0 aliphatic heterocycles. The SMILES string of the molecule is COC(=O)c1cc(CNCC(=O)O)cc(NC(=O)OC(C)(C)C)c1. The highest BCUT2D eigenvalue weighted by molar-refractivity contribution is 5.93. The van der Waals surface area contributed by atoms with Crippen LogP contribution in [0.3, 0.4) is 0 Å². The lowest BCUT2D eigenvalue weighted by atomic mass is 10.1. The quantitative estimate of drug-likeness (QED) is 0.680. The van der Waals surface area contributed by atoms with Crippen molar-refractivity contribution in [3.63, 3.8) is 0 Å². The van der Waals surface area contributed by atoms with Gasteiger partial charge in [0.05, 0.1) is 19.2 Å². The Kier molecular flexibility index (Phi) is 6.72. The Hall–Kier alpha value is -2.61. The van der Waals surface area contributed by atoms with Gasteiger partial charge in [0.25, 0.3) is 0 Å². The molecule has 0 saturated carbocycles. The summed E-state index contributed by atoms with van der Waals surface area (Å²) >= 11 is 0. The van der Waals surface area contributed by atoms with Crippen LogP contribution in [0.1, 0.15) is 36.7 Å². The fourth-order valence-electron chi connectivity index (χ4n) is 1.84. The van der Waals surface area contributed by atoms with Gasteiger partial charge in [0.15, 0.2) is 0 Å². The van der Waals surface area contributed by atoms with Crippen molar-refractivity contribution in [1.82, 2.24) is 5.32 Å². The van der Waals surface area contributed by atoms with E-state index in [1.807, 2.05) is 0 Å². The van der Waals surface area contributed by atoms with Crippen molar-refractivity contribution < 1.29 is 29.0 Å². The first-order valence-electron chi connectivity index (χ1n) is 7.25. The third-order valence-electron chi connectivity index (χ3n) is 2.66. The summed E-state index contributed by atoms with van der Waals surface area (Å²) in [5.41, 5.74) is 0.540. The molecule has 0 bridgehead atoms. The first-order chi connectivity index (χ1) is 11.1. The molecule has 0 aromatic heterocycles. The minimum absolute atomic E-state index is 0.208. The topological polar surface area (TPSA) is 114 Å². The van der Waals surface area contributed by atoms with E-state index in [1.54, 1.807) is 32.9 Å². The van der Waals surface area contributed by atoms with Gasteiger partial charge in [-0.25, -0.2) is 9.59 Å². The summed E-state index contributed by atoms with van der Waals surface area (Å²) in [7, 11) is 1.25. The van der Waals surface area contributed by atoms with Crippen molar-refractivity contribution in [2.45, 2.75) is 32.9 Å². The second-order valence-corrected chi connectivity index (χ2v) is 6.03. The summed E-state index contributed by atoms with van der Waals surface area (Å²) in [6.45, 7) is 5.19. The number of amides is 1. The lowest BCUT2D eigenvalue weighted by Gasteiger charge is -2.20. The minimum Gasteiger partial charge on any atom is -0.480 e. The van der Waals surface area contributed by atoms with E-state index in [2.05, 4.69) is 15.4 Å². The number of carbonyl (C=O) groups is 3. The maximum atomic E-state index is 11.9. The van der Waals surface area contributed by atoms with Crippen LogP contribution in [0.25, 0.3) is 0 Å². The molecule has 3 N–H and O–H groups in total. The molecule has 0 fully saturated rings. The van der Waals surface area contributed by atoms with Crippen molar-refractivity contribution >= 4 is 23.7 Å². The van der Waals surface area contributed by atoms with Gasteiger partial charge in [-0.2, -0.15) is 0 Å². The Bertz CT molecular complexity index is 621. The zero-order chi connectivity index (χ0) is 18.3. The predicted molar refractivity (Wildman–Crippen MR) is 87.0 cm³/mol. The number of carbonyl (C=O) groups excluding carboxylic acids is 2. The van der Waals surface area contributed by atoms with Crippen molar-refractivity contribution in [2.75, 3.05) is 19.0 Å². The molecular formula is C16H22N2O6. The largest absolute Gasteiger partial charge is 0.480 e. The maximum Gasteiger partial charge on any atom is 0.412 e. The smallest absolute Gasteiger partial charge is 0.412 e. The number of ether oxygens (including phenoxy) is 2. The summed E-state index contributed by atoms with van der Waals surface area (Å²) in [5.74, 6) is -1.56. The molecule has 1 aromatic carbocycles. The zero-order valence-corrected chi connectivity index (χ0v) is 14.1. The Morgan fingerprint density at radius 3 is 2.38 bits per heavy atom. The summed E-state index contributed by atoms with van der Waals surface area (Å²) in [6.07, 6.45) is -0.658. The molecule has 0 spiro atoms. The van der Waals surface area contributed by atoms with E-state index in [9.17, 15) is 14.4 Å². The highest BCUT2D eigenvalue weighted by atomic mass is 16.6. The van der Waals surface area contributed by atoms with Crippen molar-refractivity contribution in [2.24, 2.45) is 0 Å². The van der Waals surface area contributed by atoms with E-state index >= 15 is 0 Å². The van der Waals surface area contributed by atoms with Crippen LogP contribution in [0.15, 0.2) is 18.2 Å². The van der Waals surface area contributed by atoms with Gasteiger partial charge in [-0.05, 0) is 44.5 Å². The molecule has 8 nitrogen and oxygen atoms in total. The lowest BCUT2D eigenvalue weighted by molar-refractivity contribution is -0.136. The molecule has 0 heterocycles. The third kappa shape index (κ3) is 7.10. The van der Waals surface area contributed by atoms with Gasteiger partial charge < -0.3 is 19.9 Å². The van der Waals surface area contributed by atoms with Gasteiger partial charge in [0.1, 0.15) is 5.60 Å². The number of carboxylic acids is 1. The van der Waals surface area contributed by atoms with Crippen LogP contribution in [-0.2, 0) is 20.8 Å². The number of hydrogen-bond donors (Lipinski definition) is 3. The number of aliphatic carboxylic acids is 1. The Balaban J connectivity index is 2.94. The van der Waals surface area contributed by atoms with Gasteiger partial charge in [0.2, 0.25) is 0 Å². The van der Waals surface area contributed by atoms with E-state index < -0.39 is 23.6 Å². The van der Waals surface area contributed by atoms with E-state index in [-0.39, 0.29) is 18.7 Å². The van der Waals surface area contributed by atoms with E-state index in [0.29, 0.717) is 11.3 Å². The Morgan fingerprint density at radius 1 is 1.17 bits per heavy atom. The number of rotatable bonds is 6. The first-order valence-corrected chi connectivity index (χ1v) is 7.25. The molecule has 1 rings (SSSR count). The molecule has 0 unspecified atom stereocenters. The summed E-state index contributed by atoms with van der Waals surface area (Å²) < 4.78 is 9.84. The zero-order valence-electron chi connectivity index (χ0n) is 14.1. The minimum atomic E-state index is -0.994. The van der Waals surface area contributed by atoms with E-state index in [4.69, 9.17) is 9.84 Å². The molecule has 132 valence electrons. The number of nitrogens with one attached hydrogen (secondary N) is 2. The molecule has 0 radical (unpaired) electrons. The van der Waals surface area contributed by atoms with Gasteiger partial charge in [-0.1, -0.05) is 0 Å². The van der Waals surface area contributed by atoms with E-state index in [1.165, 1.54) is 13.2 Å². The van der Waals surface area contributed by atoms with Crippen LogP contribution in [0, 0.1) is 0 Å². The fourth-order valence-corrected chi connectivity index (χ4v) is 1.84. The number of hydrogen-bond acceptors (Lipinski definition) is 6. The monoisotopic (exact) mass is 338 g/mol. The molecular weight excluding hydrogens is 316 g/mol. The average molecular weight is 338 g/mol. The van der Waals surface area contributed by atoms with Crippen molar-refractivity contribution in [1.29, 1.82) is 0 Å². The fraction of sp³-hybridized carbons (Fsp3) is 0.438. The highest BCUT2D eigenvalue weighted by Crippen LogP contribution is 2.18. The molecule has 0 aliphatic carbocycles. The standard InChI is InChI=1S/C16H22N2O6/c1-16(2,3)24-15(22)18-12-6-10(8-17-9-13(19)20)5-11(7-12)14(21)23-4/h5-7,17H,8-9H2,1-4H3,(H,18,22)(H,19,20). The van der Waals surface area contributed by atoms with Crippen molar-refractivity contribution in [3.05, 3.63) is 29.3 Å². The van der Waals surface area contributed by atoms with Crippen molar-refractivity contribution in [3.8, 4) is 0 Å². The first kappa shape index (κ1) is 19.4.